The first-order valence-corrected chi connectivity index (χ1v) is 9.11. The smallest absolute Gasteiger partial charge is 0.395 e. The highest BCUT2D eigenvalue weighted by Gasteiger charge is 2.43. The molecule has 9 heteroatoms. The number of urea groups is 1. The fraction of sp³-hybridized carbons (Fsp3) is 0.300. The minimum absolute atomic E-state index is 0.0906. The monoisotopic (exact) mass is 403 g/mol. The van der Waals surface area contributed by atoms with Crippen molar-refractivity contribution < 1.29 is 27.8 Å². The second-order valence-corrected chi connectivity index (χ2v) is 7.06. The second kappa shape index (κ2) is 7.23. The van der Waals surface area contributed by atoms with Gasteiger partial charge < -0.3 is 25.0 Å². The lowest BCUT2D eigenvalue weighted by Gasteiger charge is -2.18. The average molecular weight is 403 g/mol. The van der Waals surface area contributed by atoms with Crippen molar-refractivity contribution in [2.45, 2.75) is 31.7 Å². The van der Waals surface area contributed by atoms with Crippen LogP contribution in [-0.2, 0) is 6.54 Å². The Morgan fingerprint density at radius 2 is 1.79 bits per heavy atom. The van der Waals surface area contributed by atoms with E-state index >= 15 is 0 Å². The number of nitrogens with zero attached hydrogens (tertiary/aromatic N) is 1. The molecule has 0 spiro atoms. The van der Waals surface area contributed by atoms with Crippen LogP contribution in [0.15, 0.2) is 42.5 Å². The van der Waals surface area contributed by atoms with Crippen LogP contribution >= 0.6 is 0 Å². The molecule has 1 aliphatic carbocycles. The van der Waals surface area contributed by atoms with Crippen molar-refractivity contribution in [1.29, 1.82) is 0 Å². The highest BCUT2D eigenvalue weighted by molar-refractivity contribution is 5.94. The second-order valence-electron chi connectivity index (χ2n) is 7.06. The van der Waals surface area contributed by atoms with Gasteiger partial charge in [0.15, 0.2) is 11.5 Å². The molecule has 4 rings (SSSR count). The molecular weight excluding hydrogens is 384 g/mol. The number of halogens is 2. The number of hydrogen-bond donors (Lipinski definition) is 2. The van der Waals surface area contributed by atoms with E-state index in [1.807, 2.05) is 0 Å². The Hall–Kier alpha value is -3.36. The average Bonchev–Trinajstić information content (AvgIpc) is 3.42. The quantitative estimate of drug-likeness (QED) is 0.800. The molecule has 1 aliphatic heterocycles. The van der Waals surface area contributed by atoms with E-state index in [1.54, 1.807) is 31.3 Å². The molecule has 3 amide bonds. The SMILES string of the molecule is CN(Cc1ccc(C(=O)NC2CC2)cc1)C(=O)Nc1ccc2c(c1)OC(F)(F)O2. The van der Waals surface area contributed by atoms with Gasteiger partial charge in [-0.05, 0) is 42.7 Å². The maximum absolute atomic E-state index is 13.1. The molecule has 29 heavy (non-hydrogen) atoms. The van der Waals surface area contributed by atoms with E-state index in [9.17, 15) is 18.4 Å². The van der Waals surface area contributed by atoms with Gasteiger partial charge in [0.25, 0.3) is 5.91 Å². The van der Waals surface area contributed by atoms with Crippen molar-refractivity contribution in [1.82, 2.24) is 10.2 Å². The maximum Gasteiger partial charge on any atom is 0.586 e. The van der Waals surface area contributed by atoms with Crippen molar-refractivity contribution >= 4 is 17.6 Å². The van der Waals surface area contributed by atoms with E-state index in [-0.39, 0.29) is 17.4 Å². The Bertz CT molecular complexity index is 945. The zero-order valence-electron chi connectivity index (χ0n) is 15.6. The Labute approximate surface area is 165 Å². The van der Waals surface area contributed by atoms with E-state index in [0.29, 0.717) is 23.8 Å². The van der Waals surface area contributed by atoms with Gasteiger partial charge in [-0.3, -0.25) is 4.79 Å². The van der Waals surface area contributed by atoms with Gasteiger partial charge in [-0.2, -0.15) is 0 Å². The molecule has 0 atom stereocenters. The number of ether oxygens (including phenoxy) is 2. The molecule has 152 valence electrons. The van der Waals surface area contributed by atoms with E-state index in [0.717, 1.165) is 18.4 Å². The first-order chi connectivity index (χ1) is 13.8. The zero-order valence-corrected chi connectivity index (χ0v) is 15.6. The number of carbonyl (C=O) groups is 2. The third-order valence-electron chi connectivity index (χ3n) is 4.55. The molecule has 0 saturated heterocycles. The van der Waals surface area contributed by atoms with Gasteiger partial charge in [0.2, 0.25) is 0 Å². The standard InChI is InChI=1S/C20H19F2N3O4/c1-25(11-12-2-4-13(5-3-12)18(26)23-14-6-7-14)19(27)24-15-8-9-16-17(10-15)29-20(21,22)28-16/h2-5,8-10,14H,6-7,11H2,1H3,(H,23,26)(H,24,27). The number of benzene rings is 2. The van der Waals surface area contributed by atoms with Gasteiger partial charge >= 0.3 is 12.3 Å². The molecule has 7 nitrogen and oxygen atoms in total. The molecule has 1 heterocycles. The van der Waals surface area contributed by atoms with Crippen LogP contribution in [0.2, 0.25) is 0 Å². The van der Waals surface area contributed by atoms with Gasteiger partial charge in [-0.15, -0.1) is 8.78 Å². The van der Waals surface area contributed by atoms with Gasteiger partial charge in [0.05, 0.1) is 0 Å². The third kappa shape index (κ3) is 4.56. The minimum atomic E-state index is -3.70. The lowest BCUT2D eigenvalue weighted by atomic mass is 10.1. The molecule has 2 aromatic rings. The number of anilines is 1. The summed E-state index contributed by atoms with van der Waals surface area (Å²) in [6, 6.07) is 10.9. The number of fused-ring (bicyclic) bond motifs is 1. The van der Waals surface area contributed by atoms with Crippen molar-refractivity contribution in [3.63, 3.8) is 0 Å². The van der Waals surface area contributed by atoms with Crippen molar-refractivity contribution in [3.05, 3.63) is 53.6 Å². The summed E-state index contributed by atoms with van der Waals surface area (Å²) in [5.41, 5.74) is 1.72. The Morgan fingerprint density at radius 3 is 2.48 bits per heavy atom. The van der Waals surface area contributed by atoms with Crippen LogP contribution < -0.4 is 20.1 Å². The Morgan fingerprint density at radius 1 is 1.10 bits per heavy atom. The topological polar surface area (TPSA) is 79.9 Å². The van der Waals surface area contributed by atoms with Crippen molar-refractivity contribution in [2.75, 3.05) is 12.4 Å². The molecule has 2 aliphatic rings. The van der Waals surface area contributed by atoms with Crippen LogP contribution in [0.4, 0.5) is 19.3 Å². The number of nitrogens with one attached hydrogen (secondary N) is 2. The van der Waals surface area contributed by atoms with Gasteiger partial charge in [-0.25, -0.2) is 4.79 Å². The van der Waals surface area contributed by atoms with E-state index in [2.05, 4.69) is 20.1 Å². The molecular formula is C20H19F2N3O4. The molecule has 0 aromatic heterocycles. The summed E-state index contributed by atoms with van der Waals surface area (Å²) in [5.74, 6) is -0.332. The van der Waals surface area contributed by atoms with Gasteiger partial charge in [-0.1, -0.05) is 12.1 Å². The first kappa shape index (κ1) is 19.0. The largest absolute Gasteiger partial charge is 0.586 e. The summed E-state index contributed by atoms with van der Waals surface area (Å²) in [4.78, 5) is 25.8. The summed E-state index contributed by atoms with van der Waals surface area (Å²) < 4.78 is 34.9. The van der Waals surface area contributed by atoms with E-state index in [1.165, 1.54) is 23.1 Å². The minimum Gasteiger partial charge on any atom is -0.395 e. The zero-order chi connectivity index (χ0) is 20.6. The summed E-state index contributed by atoms with van der Waals surface area (Å²) >= 11 is 0. The summed E-state index contributed by atoms with van der Waals surface area (Å²) in [5, 5.41) is 5.54. The van der Waals surface area contributed by atoms with Crippen molar-refractivity contribution in [3.8, 4) is 11.5 Å². The summed E-state index contributed by atoms with van der Waals surface area (Å²) in [6.07, 6.45) is -1.66. The molecule has 0 unspecified atom stereocenters. The molecule has 0 bridgehead atoms. The Balaban J connectivity index is 1.33. The van der Waals surface area contributed by atoms with Crippen LogP contribution in [0.25, 0.3) is 0 Å². The van der Waals surface area contributed by atoms with E-state index in [4.69, 9.17) is 0 Å². The number of rotatable bonds is 5. The summed E-state index contributed by atoms with van der Waals surface area (Å²) in [7, 11) is 1.60. The van der Waals surface area contributed by atoms with Crippen LogP contribution in [0, 0.1) is 0 Å². The van der Waals surface area contributed by atoms with Crippen LogP contribution in [0.3, 0.4) is 0 Å². The fourth-order valence-corrected chi connectivity index (χ4v) is 2.85. The van der Waals surface area contributed by atoms with Crippen LogP contribution in [0.5, 0.6) is 11.5 Å². The van der Waals surface area contributed by atoms with E-state index < -0.39 is 12.3 Å². The maximum atomic E-state index is 13.1. The van der Waals surface area contributed by atoms with Gasteiger partial charge in [0, 0.05) is 37.0 Å². The normalized spacial score (nSPS) is 16.2. The molecule has 2 aromatic carbocycles. The lowest BCUT2D eigenvalue weighted by Crippen LogP contribution is -2.30. The van der Waals surface area contributed by atoms with Crippen LogP contribution in [0.1, 0.15) is 28.8 Å². The predicted molar refractivity (Wildman–Crippen MR) is 100 cm³/mol. The highest BCUT2D eigenvalue weighted by atomic mass is 19.3. The van der Waals surface area contributed by atoms with Crippen LogP contribution in [-0.4, -0.2) is 36.2 Å². The molecule has 0 radical (unpaired) electrons. The molecule has 1 fully saturated rings. The third-order valence-corrected chi connectivity index (χ3v) is 4.55. The first-order valence-electron chi connectivity index (χ1n) is 9.11. The molecule has 1 saturated carbocycles. The predicted octanol–water partition coefficient (Wildman–Crippen LogP) is 3.56. The highest BCUT2D eigenvalue weighted by Crippen LogP contribution is 2.42. The summed E-state index contributed by atoms with van der Waals surface area (Å²) in [6.45, 7) is 0.305. The number of carbonyl (C=O) groups excluding carboxylic acids is 2. The van der Waals surface area contributed by atoms with Crippen molar-refractivity contribution in [2.24, 2.45) is 0 Å². The Kier molecular flexibility index (Phi) is 4.73. The molecule has 2 N–H and O–H groups in total. The fourth-order valence-electron chi connectivity index (χ4n) is 2.85. The lowest BCUT2D eigenvalue weighted by molar-refractivity contribution is -0.286. The number of alkyl halides is 2. The van der Waals surface area contributed by atoms with Gasteiger partial charge in [0.1, 0.15) is 0 Å². The number of amides is 3. The number of hydrogen-bond acceptors (Lipinski definition) is 4.